The van der Waals surface area contributed by atoms with Gasteiger partial charge in [-0.3, -0.25) is 0 Å². The highest BCUT2D eigenvalue weighted by Gasteiger charge is 2.31. The van der Waals surface area contributed by atoms with Crippen molar-refractivity contribution in [1.82, 2.24) is 4.31 Å². The van der Waals surface area contributed by atoms with Crippen molar-refractivity contribution >= 4 is 10.0 Å². The largest absolute Gasteiger partial charge is 0.464 e. The van der Waals surface area contributed by atoms with Crippen molar-refractivity contribution in [3.8, 4) is 0 Å². The molecule has 2 rings (SSSR count). The number of nitrogens with two attached hydrogens (primary N) is 1. The van der Waals surface area contributed by atoms with Gasteiger partial charge < -0.3 is 10.2 Å². The zero-order valence-corrected chi connectivity index (χ0v) is 11.0. The zero-order chi connectivity index (χ0) is 12.6. The third-order valence-electron chi connectivity index (χ3n) is 3.02. The second kappa shape index (κ2) is 4.44. The maximum absolute atomic E-state index is 12.3. The molecule has 1 heterocycles. The lowest BCUT2D eigenvalue weighted by molar-refractivity contribution is 0.446. The third-order valence-corrected chi connectivity index (χ3v) is 4.96. The van der Waals surface area contributed by atoms with Gasteiger partial charge in [-0.1, -0.05) is 0 Å². The summed E-state index contributed by atoms with van der Waals surface area (Å²) in [6, 6.07) is 1.52. The second-order valence-corrected chi connectivity index (χ2v) is 6.58. The quantitative estimate of drug-likeness (QED) is 0.857. The lowest BCUT2D eigenvalue weighted by atomic mass is 10.4. The normalized spacial score (nSPS) is 16.7. The van der Waals surface area contributed by atoms with Gasteiger partial charge in [0, 0.05) is 19.7 Å². The molecule has 0 saturated heterocycles. The SMILES string of the molecule is Cc1oc(CN)cc1S(=O)(=O)N(C)CC1CC1. The van der Waals surface area contributed by atoms with Crippen molar-refractivity contribution in [2.24, 2.45) is 11.7 Å². The fourth-order valence-electron chi connectivity index (χ4n) is 1.81. The Kier molecular flexibility index (Phi) is 3.29. The van der Waals surface area contributed by atoms with Crippen LogP contribution in [0.4, 0.5) is 0 Å². The van der Waals surface area contributed by atoms with E-state index in [1.165, 1.54) is 10.4 Å². The fourth-order valence-corrected chi connectivity index (χ4v) is 3.24. The Balaban J connectivity index is 2.25. The Labute approximate surface area is 102 Å². The van der Waals surface area contributed by atoms with Gasteiger partial charge in [-0.2, -0.15) is 0 Å². The predicted octanol–water partition coefficient (Wildman–Crippen LogP) is 1.08. The van der Waals surface area contributed by atoms with Crippen molar-refractivity contribution in [3.05, 3.63) is 17.6 Å². The molecule has 0 spiro atoms. The smallest absolute Gasteiger partial charge is 0.246 e. The van der Waals surface area contributed by atoms with Gasteiger partial charge in [0.05, 0.1) is 6.54 Å². The Hall–Kier alpha value is -0.850. The van der Waals surface area contributed by atoms with Crippen LogP contribution in [0.5, 0.6) is 0 Å². The molecule has 5 nitrogen and oxygen atoms in total. The van der Waals surface area contributed by atoms with Crippen LogP contribution in [0.25, 0.3) is 0 Å². The number of rotatable bonds is 5. The Morgan fingerprint density at radius 3 is 2.65 bits per heavy atom. The topological polar surface area (TPSA) is 76.5 Å². The minimum atomic E-state index is -3.43. The van der Waals surface area contributed by atoms with Crippen LogP contribution in [-0.4, -0.2) is 26.3 Å². The first-order chi connectivity index (χ1) is 7.95. The molecular formula is C11H18N2O3S. The van der Waals surface area contributed by atoms with Crippen molar-refractivity contribution < 1.29 is 12.8 Å². The van der Waals surface area contributed by atoms with Crippen LogP contribution in [0, 0.1) is 12.8 Å². The van der Waals surface area contributed by atoms with E-state index < -0.39 is 10.0 Å². The predicted molar refractivity (Wildman–Crippen MR) is 63.9 cm³/mol. The molecule has 17 heavy (non-hydrogen) atoms. The summed E-state index contributed by atoms with van der Waals surface area (Å²) >= 11 is 0. The zero-order valence-electron chi connectivity index (χ0n) is 10.1. The van der Waals surface area contributed by atoms with Gasteiger partial charge >= 0.3 is 0 Å². The van der Waals surface area contributed by atoms with E-state index in [0.29, 0.717) is 24.0 Å². The van der Waals surface area contributed by atoms with E-state index in [2.05, 4.69) is 0 Å². The first-order valence-electron chi connectivity index (χ1n) is 5.71. The van der Waals surface area contributed by atoms with Gasteiger partial charge in [0.1, 0.15) is 16.4 Å². The first-order valence-corrected chi connectivity index (χ1v) is 7.15. The van der Waals surface area contributed by atoms with E-state index in [1.54, 1.807) is 14.0 Å². The van der Waals surface area contributed by atoms with E-state index in [4.69, 9.17) is 10.2 Å². The highest BCUT2D eigenvalue weighted by molar-refractivity contribution is 7.89. The monoisotopic (exact) mass is 258 g/mol. The molecule has 0 amide bonds. The van der Waals surface area contributed by atoms with Gasteiger partial charge in [-0.05, 0) is 25.7 Å². The summed E-state index contributed by atoms with van der Waals surface area (Å²) in [5.41, 5.74) is 5.44. The van der Waals surface area contributed by atoms with Gasteiger partial charge in [0.2, 0.25) is 10.0 Å². The van der Waals surface area contributed by atoms with E-state index in [9.17, 15) is 8.42 Å². The molecule has 1 fully saturated rings. The van der Waals surface area contributed by atoms with Crippen molar-refractivity contribution in [1.29, 1.82) is 0 Å². The first kappa shape index (κ1) is 12.6. The summed E-state index contributed by atoms with van der Waals surface area (Å²) < 4.78 is 31.2. The Morgan fingerprint density at radius 2 is 2.18 bits per heavy atom. The standard InChI is InChI=1S/C11H18N2O3S/c1-8-11(5-10(6-12)16-8)17(14,15)13(2)7-9-3-4-9/h5,9H,3-4,6-7,12H2,1-2H3. The van der Waals surface area contributed by atoms with Crippen molar-refractivity contribution in [2.75, 3.05) is 13.6 Å². The van der Waals surface area contributed by atoms with Crippen LogP contribution >= 0.6 is 0 Å². The molecule has 2 N–H and O–H groups in total. The molecule has 0 radical (unpaired) electrons. The molecule has 0 atom stereocenters. The van der Waals surface area contributed by atoms with Crippen molar-refractivity contribution in [3.63, 3.8) is 0 Å². The summed E-state index contributed by atoms with van der Waals surface area (Å²) in [6.07, 6.45) is 2.25. The third kappa shape index (κ3) is 2.53. The number of nitrogens with zero attached hydrogens (tertiary/aromatic N) is 1. The molecule has 96 valence electrons. The lowest BCUT2D eigenvalue weighted by Crippen LogP contribution is -2.29. The van der Waals surface area contributed by atoms with Crippen LogP contribution in [0.2, 0.25) is 0 Å². The fraction of sp³-hybridized carbons (Fsp3) is 0.636. The van der Waals surface area contributed by atoms with Gasteiger partial charge in [0.25, 0.3) is 0 Å². The summed E-state index contributed by atoms with van der Waals surface area (Å²) in [6.45, 7) is 2.45. The highest BCUT2D eigenvalue weighted by atomic mass is 32.2. The van der Waals surface area contributed by atoms with E-state index >= 15 is 0 Å². The van der Waals surface area contributed by atoms with Gasteiger partial charge in [0.15, 0.2) is 0 Å². The second-order valence-electron chi connectivity index (χ2n) is 4.57. The maximum Gasteiger partial charge on any atom is 0.246 e. The van der Waals surface area contributed by atoms with E-state index in [1.807, 2.05) is 0 Å². The molecule has 0 unspecified atom stereocenters. The van der Waals surface area contributed by atoms with Crippen molar-refractivity contribution in [2.45, 2.75) is 31.2 Å². The molecule has 1 aliphatic carbocycles. The summed E-state index contributed by atoms with van der Waals surface area (Å²) in [7, 11) is -1.82. The lowest BCUT2D eigenvalue weighted by Gasteiger charge is -2.15. The summed E-state index contributed by atoms with van der Waals surface area (Å²) in [4.78, 5) is 0.237. The number of hydrogen-bond donors (Lipinski definition) is 1. The Bertz CT molecular complexity index is 503. The van der Waals surface area contributed by atoms with Crippen LogP contribution in [0.15, 0.2) is 15.4 Å². The minimum absolute atomic E-state index is 0.211. The number of sulfonamides is 1. The molecule has 1 aliphatic rings. The highest BCUT2D eigenvalue weighted by Crippen LogP contribution is 2.31. The van der Waals surface area contributed by atoms with Crippen LogP contribution in [0.3, 0.4) is 0 Å². The molecule has 1 aromatic heterocycles. The van der Waals surface area contributed by atoms with E-state index in [-0.39, 0.29) is 11.4 Å². The number of aryl methyl sites for hydroxylation is 1. The van der Waals surface area contributed by atoms with Crippen LogP contribution < -0.4 is 5.73 Å². The average molecular weight is 258 g/mol. The molecule has 0 aliphatic heterocycles. The van der Waals surface area contributed by atoms with Crippen LogP contribution in [-0.2, 0) is 16.6 Å². The number of hydrogen-bond acceptors (Lipinski definition) is 4. The number of furan rings is 1. The molecule has 0 bridgehead atoms. The van der Waals surface area contributed by atoms with Gasteiger partial charge in [-0.25, -0.2) is 12.7 Å². The van der Waals surface area contributed by atoms with Gasteiger partial charge in [-0.15, -0.1) is 0 Å². The molecule has 0 aromatic carbocycles. The molecule has 1 saturated carbocycles. The Morgan fingerprint density at radius 1 is 1.53 bits per heavy atom. The maximum atomic E-state index is 12.3. The van der Waals surface area contributed by atoms with E-state index in [0.717, 1.165) is 12.8 Å². The molecule has 1 aromatic rings. The van der Waals surface area contributed by atoms with Crippen LogP contribution in [0.1, 0.15) is 24.4 Å². The molecular weight excluding hydrogens is 240 g/mol. The minimum Gasteiger partial charge on any atom is -0.464 e. The summed E-state index contributed by atoms with van der Waals surface area (Å²) in [5.74, 6) is 1.44. The molecule has 6 heteroatoms. The summed E-state index contributed by atoms with van der Waals surface area (Å²) in [5, 5.41) is 0. The average Bonchev–Trinajstić information content (AvgIpc) is 2.99.